The summed E-state index contributed by atoms with van der Waals surface area (Å²) in [4.78, 5) is 0. The van der Waals surface area contributed by atoms with Gasteiger partial charge in [0.05, 0.1) is 11.6 Å². The maximum absolute atomic E-state index is 13.6. The van der Waals surface area contributed by atoms with Crippen molar-refractivity contribution in [2.24, 2.45) is 11.8 Å². The van der Waals surface area contributed by atoms with Crippen molar-refractivity contribution in [1.82, 2.24) is 5.32 Å². The summed E-state index contributed by atoms with van der Waals surface area (Å²) in [5.74, 6) is 1.71. The standard InChI is InChI=1S/C16H21ClFNO/c17-15-9-14(18)8-13(7-11-3-5-19-6-4-11)16(15)20-10-12-1-2-12/h8-9,11-12,19H,1-7,10H2. The van der Waals surface area contributed by atoms with Gasteiger partial charge >= 0.3 is 0 Å². The molecule has 1 saturated carbocycles. The van der Waals surface area contributed by atoms with Gasteiger partial charge in [0, 0.05) is 0 Å². The Morgan fingerprint density at radius 3 is 2.60 bits per heavy atom. The lowest BCUT2D eigenvalue weighted by Crippen LogP contribution is -2.28. The molecule has 3 rings (SSSR count). The molecule has 20 heavy (non-hydrogen) atoms. The highest BCUT2D eigenvalue weighted by Crippen LogP contribution is 2.36. The van der Waals surface area contributed by atoms with Crippen LogP contribution in [0.1, 0.15) is 31.2 Å². The van der Waals surface area contributed by atoms with E-state index in [-0.39, 0.29) is 5.82 Å². The summed E-state index contributed by atoms with van der Waals surface area (Å²) in [6, 6.07) is 2.95. The van der Waals surface area contributed by atoms with Gasteiger partial charge in [-0.1, -0.05) is 11.6 Å². The Kier molecular flexibility index (Phi) is 4.47. The van der Waals surface area contributed by atoms with Crippen LogP contribution in [0.15, 0.2) is 12.1 Å². The summed E-state index contributed by atoms with van der Waals surface area (Å²) < 4.78 is 19.5. The van der Waals surface area contributed by atoms with Gasteiger partial charge in [-0.15, -0.1) is 0 Å². The van der Waals surface area contributed by atoms with Gasteiger partial charge < -0.3 is 10.1 Å². The van der Waals surface area contributed by atoms with Crippen LogP contribution in [-0.4, -0.2) is 19.7 Å². The molecule has 0 aromatic heterocycles. The largest absolute Gasteiger partial charge is 0.491 e. The van der Waals surface area contributed by atoms with Crippen LogP contribution < -0.4 is 10.1 Å². The first-order valence-electron chi connectivity index (χ1n) is 7.54. The molecule has 4 heteroatoms. The molecule has 2 aliphatic rings. The quantitative estimate of drug-likeness (QED) is 0.892. The highest BCUT2D eigenvalue weighted by molar-refractivity contribution is 6.32. The van der Waals surface area contributed by atoms with Crippen LogP contribution in [0.4, 0.5) is 4.39 Å². The Morgan fingerprint density at radius 1 is 1.15 bits per heavy atom. The molecule has 0 unspecified atom stereocenters. The van der Waals surface area contributed by atoms with E-state index < -0.39 is 0 Å². The maximum atomic E-state index is 13.6. The minimum atomic E-state index is -0.266. The van der Waals surface area contributed by atoms with Crippen molar-refractivity contribution >= 4 is 11.6 Å². The number of hydrogen-bond donors (Lipinski definition) is 1. The molecule has 2 nitrogen and oxygen atoms in total. The fourth-order valence-corrected chi connectivity index (χ4v) is 3.09. The second-order valence-electron chi connectivity index (χ2n) is 6.03. The monoisotopic (exact) mass is 297 g/mol. The van der Waals surface area contributed by atoms with Gasteiger partial charge in [0.15, 0.2) is 0 Å². The van der Waals surface area contributed by atoms with Crippen molar-refractivity contribution in [2.75, 3.05) is 19.7 Å². The molecule has 110 valence electrons. The van der Waals surface area contributed by atoms with Crippen molar-refractivity contribution in [3.8, 4) is 5.75 Å². The lowest BCUT2D eigenvalue weighted by atomic mass is 9.90. The smallest absolute Gasteiger partial charge is 0.141 e. The van der Waals surface area contributed by atoms with Crippen LogP contribution in [0.25, 0.3) is 0 Å². The molecule has 0 spiro atoms. The van der Waals surface area contributed by atoms with Gasteiger partial charge in [0.25, 0.3) is 0 Å². The summed E-state index contributed by atoms with van der Waals surface area (Å²) >= 11 is 6.18. The number of benzene rings is 1. The molecule has 1 aliphatic heterocycles. The van der Waals surface area contributed by atoms with E-state index in [0.717, 1.165) is 37.9 Å². The molecule has 0 radical (unpaired) electrons. The van der Waals surface area contributed by atoms with Gasteiger partial charge in [-0.2, -0.15) is 0 Å². The number of halogens is 2. The molecule has 1 saturated heterocycles. The fourth-order valence-electron chi connectivity index (χ4n) is 2.81. The molecule has 1 N–H and O–H groups in total. The minimum absolute atomic E-state index is 0.266. The molecular formula is C16H21ClFNO. The van der Waals surface area contributed by atoms with E-state index in [0.29, 0.717) is 29.2 Å². The zero-order chi connectivity index (χ0) is 13.9. The average Bonchev–Trinajstić information content (AvgIpc) is 3.23. The Bertz CT molecular complexity index is 470. The molecule has 1 aromatic carbocycles. The van der Waals surface area contributed by atoms with Crippen molar-refractivity contribution in [1.29, 1.82) is 0 Å². The third kappa shape index (κ3) is 3.64. The second-order valence-corrected chi connectivity index (χ2v) is 6.43. The van der Waals surface area contributed by atoms with Crippen LogP contribution in [0.2, 0.25) is 5.02 Å². The van der Waals surface area contributed by atoms with E-state index >= 15 is 0 Å². The Hall–Kier alpha value is -0.800. The predicted octanol–water partition coefficient (Wildman–Crippen LogP) is 3.81. The van der Waals surface area contributed by atoms with E-state index in [2.05, 4.69) is 5.32 Å². The SMILES string of the molecule is Fc1cc(Cl)c(OCC2CC2)c(CC2CCNCC2)c1. The van der Waals surface area contributed by atoms with Crippen LogP contribution in [-0.2, 0) is 6.42 Å². The highest BCUT2D eigenvalue weighted by atomic mass is 35.5. The van der Waals surface area contributed by atoms with E-state index in [9.17, 15) is 4.39 Å². The summed E-state index contributed by atoms with van der Waals surface area (Å²) in [6.45, 7) is 2.81. The predicted molar refractivity (Wildman–Crippen MR) is 78.9 cm³/mol. The number of ether oxygens (including phenoxy) is 1. The summed E-state index contributed by atoms with van der Waals surface area (Å²) in [5, 5.41) is 3.77. The number of nitrogens with one attached hydrogen (secondary N) is 1. The van der Waals surface area contributed by atoms with Gasteiger partial charge in [0.1, 0.15) is 11.6 Å². The lowest BCUT2D eigenvalue weighted by molar-refractivity contribution is 0.292. The van der Waals surface area contributed by atoms with E-state index in [1.54, 1.807) is 6.07 Å². The van der Waals surface area contributed by atoms with Crippen molar-refractivity contribution in [3.05, 3.63) is 28.5 Å². The zero-order valence-electron chi connectivity index (χ0n) is 11.6. The first kappa shape index (κ1) is 14.2. The topological polar surface area (TPSA) is 21.3 Å². The Morgan fingerprint density at radius 2 is 1.90 bits per heavy atom. The Labute approximate surface area is 124 Å². The number of hydrogen-bond acceptors (Lipinski definition) is 2. The van der Waals surface area contributed by atoms with E-state index in [4.69, 9.17) is 16.3 Å². The zero-order valence-corrected chi connectivity index (χ0v) is 12.4. The van der Waals surface area contributed by atoms with E-state index in [1.165, 1.54) is 18.9 Å². The fraction of sp³-hybridized carbons (Fsp3) is 0.625. The minimum Gasteiger partial charge on any atom is -0.491 e. The van der Waals surface area contributed by atoms with Crippen LogP contribution in [0.5, 0.6) is 5.75 Å². The maximum Gasteiger partial charge on any atom is 0.141 e. The van der Waals surface area contributed by atoms with Gasteiger partial charge in [-0.3, -0.25) is 0 Å². The average molecular weight is 298 g/mol. The highest BCUT2D eigenvalue weighted by Gasteiger charge is 2.24. The third-order valence-corrected chi connectivity index (χ3v) is 4.49. The first-order valence-corrected chi connectivity index (χ1v) is 7.91. The Balaban J connectivity index is 1.74. The van der Waals surface area contributed by atoms with Gasteiger partial charge in [0.2, 0.25) is 0 Å². The first-order chi connectivity index (χ1) is 9.72. The lowest BCUT2D eigenvalue weighted by Gasteiger charge is -2.24. The molecule has 1 heterocycles. The molecule has 0 bridgehead atoms. The summed E-state index contributed by atoms with van der Waals surface area (Å²) in [5.41, 5.74) is 0.933. The number of rotatable bonds is 5. The van der Waals surface area contributed by atoms with Gasteiger partial charge in [-0.25, -0.2) is 4.39 Å². The molecule has 2 fully saturated rings. The van der Waals surface area contributed by atoms with E-state index in [1.807, 2.05) is 0 Å². The van der Waals surface area contributed by atoms with Crippen molar-refractivity contribution in [2.45, 2.75) is 32.1 Å². The number of piperidine rings is 1. The van der Waals surface area contributed by atoms with Crippen LogP contribution in [0.3, 0.4) is 0 Å². The molecule has 0 amide bonds. The second kappa shape index (κ2) is 6.31. The van der Waals surface area contributed by atoms with Crippen LogP contribution in [0, 0.1) is 17.7 Å². The summed E-state index contributed by atoms with van der Waals surface area (Å²) in [6.07, 6.45) is 5.61. The van der Waals surface area contributed by atoms with Crippen molar-refractivity contribution in [3.63, 3.8) is 0 Å². The van der Waals surface area contributed by atoms with Gasteiger partial charge in [-0.05, 0) is 74.7 Å². The summed E-state index contributed by atoms with van der Waals surface area (Å²) in [7, 11) is 0. The molecule has 1 aliphatic carbocycles. The molecule has 1 aromatic rings. The van der Waals surface area contributed by atoms with Crippen molar-refractivity contribution < 1.29 is 9.13 Å². The van der Waals surface area contributed by atoms with Crippen LogP contribution >= 0.6 is 11.6 Å². The molecular weight excluding hydrogens is 277 g/mol. The third-order valence-electron chi connectivity index (χ3n) is 4.21. The molecule has 0 atom stereocenters. The normalized spacial score (nSPS) is 20.1.